The Kier molecular flexibility index (Phi) is 6.83. The van der Waals surface area contributed by atoms with E-state index in [1.165, 1.54) is 0 Å². The van der Waals surface area contributed by atoms with Gasteiger partial charge in [-0.2, -0.15) is 17.8 Å². The summed E-state index contributed by atoms with van der Waals surface area (Å²) in [6.45, 7) is 1.72. The Morgan fingerprint density at radius 2 is 1.76 bits per heavy atom. The minimum absolute atomic E-state index is 0.0968. The van der Waals surface area contributed by atoms with E-state index in [0.29, 0.717) is 18.0 Å². The number of hydrogen-bond donors (Lipinski definition) is 0. The summed E-state index contributed by atoms with van der Waals surface area (Å²) in [5, 5.41) is 6.96. The third-order valence-electron chi connectivity index (χ3n) is 5.87. The minimum Gasteiger partial charge on any atom is -0.249 e. The van der Waals surface area contributed by atoms with E-state index in [9.17, 15) is 17.2 Å². The van der Waals surface area contributed by atoms with Crippen molar-refractivity contribution in [2.24, 2.45) is 9.50 Å². The lowest BCUT2D eigenvalue weighted by Gasteiger charge is -2.29. The van der Waals surface area contributed by atoms with Crippen molar-refractivity contribution in [3.8, 4) is 0 Å². The van der Waals surface area contributed by atoms with E-state index >= 15 is 0 Å². The van der Waals surface area contributed by atoms with Crippen LogP contribution < -0.4 is 0 Å². The lowest BCUT2D eigenvalue weighted by molar-refractivity contribution is -0.0411. The molecule has 10 heteroatoms. The highest BCUT2D eigenvalue weighted by atomic mass is 35.5. The van der Waals surface area contributed by atoms with Crippen molar-refractivity contribution in [1.82, 2.24) is 9.31 Å². The van der Waals surface area contributed by atoms with E-state index in [0.717, 1.165) is 21.1 Å². The van der Waals surface area contributed by atoms with Crippen molar-refractivity contribution < 1.29 is 17.2 Å². The molecular formula is C23H25ClF2N4O2S. The first-order valence-electron chi connectivity index (χ1n) is 10.8. The second-order valence-electron chi connectivity index (χ2n) is 8.13. The van der Waals surface area contributed by atoms with E-state index in [1.807, 2.05) is 42.5 Å². The quantitative estimate of drug-likeness (QED) is 0.437. The van der Waals surface area contributed by atoms with Crippen LogP contribution in [0.2, 0.25) is 5.02 Å². The fourth-order valence-corrected chi connectivity index (χ4v) is 5.40. The Morgan fingerprint density at radius 1 is 1.12 bits per heavy atom. The maximum atomic E-state index is 13.5. The molecule has 2 aromatic carbocycles. The van der Waals surface area contributed by atoms with Crippen molar-refractivity contribution in [1.29, 1.82) is 0 Å². The molecule has 0 saturated carbocycles. The predicted octanol–water partition coefficient (Wildman–Crippen LogP) is 4.93. The molecule has 2 heterocycles. The molecule has 0 bridgehead atoms. The number of amidine groups is 1. The van der Waals surface area contributed by atoms with Gasteiger partial charge >= 0.3 is 10.2 Å². The summed E-state index contributed by atoms with van der Waals surface area (Å²) < 4.78 is 57.7. The minimum atomic E-state index is -4.09. The lowest BCUT2D eigenvalue weighted by Crippen LogP contribution is -2.42. The lowest BCUT2D eigenvalue weighted by atomic mass is 9.91. The summed E-state index contributed by atoms with van der Waals surface area (Å²) in [4.78, 5) is 0. The largest absolute Gasteiger partial charge is 0.324 e. The fourth-order valence-electron chi connectivity index (χ4n) is 4.02. The predicted molar refractivity (Wildman–Crippen MR) is 126 cm³/mol. The first kappa shape index (κ1) is 23.8. The summed E-state index contributed by atoms with van der Waals surface area (Å²) in [5.41, 5.74) is 2.71. The molecule has 0 aliphatic carbocycles. The zero-order valence-corrected chi connectivity index (χ0v) is 19.7. The molecule has 1 saturated heterocycles. The Bertz CT molecular complexity index is 1140. The number of alkyl halides is 2. The van der Waals surface area contributed by atoms with Gasteiger partial charge in [0.2, 0.25) is 0 Å². The van der Waals surface area contributed by atoms with Gasteiger partial charge in [-0.15, -0.1) is 4.40 Å². The number of benzene rings is 2. The van der Waals surface area contributed by atoms with Crippen molar-refractivity contribution in [2.45, 2.75) is 38.0 Å². The molecule has 0 unspecified atom stereocenters. The molecule has 0 radical (unpaired) electrons. The van der Waals surface area contributed by atoms with Gasteiger partial charge in [0.05, 0.1) is 12.3 Å². The van der Waals surface area contributed by atoms with Crippen molar-refractivity contribution in [3.05, 3.63) is 70.7 Å². The molecule has 33 heavy (non-hydrogen) atoms. The van der Waals surface area contributed by atoms with Crippen LogP contribution in [-0.2, 0) is 10.2 Å². The van der Waals surface area contributed by atoms with Crippen LogP contribution in [0.25, 0.3) is 0 Å². The topological polar surface area (TPSA) is 65.3 Å². The maximum absolute atomic E-state index is 13.5. The summed E-state index contributed by atoms with van der Waals surface area (Å²) >= 11 is 6.05. The van der Waals surface area contributed by atoms with E-state index in [1.54, 1.807) is 24.1 Å². The van der Waals surface area contributed by atoms with Gasteiger partial charge in [-0.3, -0.25) is 0 Å². The molecule has 2 aliphatic heterocycles. The molecular weight excluding hydrogens is 470 g/mol. The van der Waals surface area contributed by atoms with E-state index < -0.39 is 29.0 Å². The Balaban J connectivity index is 1.65. The van der Waals surface area contributed by atoms with Crippen LogP contribution in [0, 0.1) is 0 Å². The summed E-state index contributed by atoms with van der Waals surface area (Å²) in [7, 11) is -4.09. The van der Waals surface area contributed by atoms with Gasteiger partial charge in [0.1, 0.15) is 5.84 Å². The van der Waals surface area contributed by atoms with Crippen LogP contribution in [-0.4, -0.2) is 54.8 Å². The first-order chi connectivity index (χ1) is 15.7. The van der Waals surface area contributed by atoms with Gasteiger partial charge in [-0.05, 0) is 23.3 Å². The molecule has 1 atom stereocenters. The van der Waals surface area contributed by atoms with E-state index in [2.05, 4.69) is 4.40 Å². The van der Waals surface area contributed by atoms with Crippen molar-refractivity contribution in [2.75, 3.05) is 19.6 Å². The zero-order valence-electron chi connectivity index (χ0n) is 18.2. The molecule has 1 fully saturated rings. The highest BCUT2D eigenvalue weighted by Crippen LogP contribution is 2.31. The summed E-state index contributed by atoms with van der Waals surface area (Å²) in [5.74, 6) is -2.66. The molecule has 176 valence electrons. The van der Waals surface area contributed by atoms with E-state index in [4.69, 9.17) is 16.7 Å². The number of hydrazone groups is 1. The highest BCUT2D eigenvalue weighted by Gasteiger charge is 2.39. The fraction of sp³-hybridized carbons (Fsp3) is 0.391. The zero-order chi connectivity index (χ0) is 23.6. The van der Waals surface area contributed by atoms with Crippen LogP contribution in [0.4, 0.5) is 8.78 Å². The summed E-state index contributed by atoms with van der Waals surface area (Å²) in [6, 6.07) is 17.2. The standard InChI is InChI=1S/C23H25ClF2N4O2S/c1-2-21(28-33(31,32)29-14-12-23(25,26)13-15-29)30-16-20(17-6-4-3-5-7-17)22(27-30)18-8-10-19(24)11-9-18/h3-11,20H,2,12-16H2,1H3/t20-/m1/s1. The Labute approximate surface area is 197 Å². The third kappa shape index (κ3) is 5.42. The number of halogens is 3. The number of hydrogen-bond acceptors (Lipinski definition) is 3. The van der Waals surface area contributed by atoms with Crippen LogP contribution in [0.5, 0.6) is 0 Å². The molecule has 0 amide bonds. The Hall–Kier alpha value is -2.36. The average molecular weight is 495 g/mol. The summed E-state index contributed by atoms with van der Waals surface area (Å²) in [6.07, 6.45) is -0.675. The molecule has 2 aromatic rings. The molecule has 6 nitrogen and oxygen atoms in total. The van der Waals surface area contributed by atoms with E-state index in [-0.39, 0.29) is 24.8 Å². The monoisotopic (exact) mass is 494 g/mol. The van der Waals surface area contributed by atoms with Gasteiger partial charge in [-0.25, -0.2) is 13.8 Å². The van der Waals surface area contributed by atoms with Gasteiger partial charge < -0.3 is 0 Å². The van der Waals surface area contributed by atoms with Crippen LogP contribution in [0.15, 0.2) is 64.1 Å². The number of nitrogens with zero attached hydrogens (tertiary/aromatic N) is 4. The van der Waals surface area contributed by atoms with Crippen LogP contribution in [0.1, 0.15) is 43.2 Å². The van der Waals surface area contributed by atoms with Gasteiger partial charge in [-0.1, -0.05) is 61.0 Å². The highest BCUT2D eigenvalue weighted by molar-refractivity contribution is 7.87. The number of piperidine rings is 1. The Morgan fingerprint density at radius 3 is 2.36 bits per heavy atom. The van der Waals surface area contributed by atoms with Gasteiger partial charge in [0.15, 0.2) is 0 Å². The third-order valence-corrected chi connectivity index (χ3v) is 7.58. The molecule has 0 spiro atoms. The van der Waals surface area contributed by atoms with Crippen LogP contribution in [0.3, 0.4) is 0 Å². The molecule has 0 N–H and O–H groups in total. The molecule has 4 rings (SSSR count). The number of rotatable bonds is 5. The van der Waals surface area contributed by atoms with Crippen molar-refractivity contribution in [3.63, 3.8) is 0 Å². The second-order valence-corrected chi connectivity index (χ2v) is 10.2. The second kappa shape index (κ2) is 9.48. The maximum Gasteiger partial charge on any atom is 0.324 e. The molecule has 2 aliphatic rings. The smallest absolute Gasteiger partial charge is 0.249 e. The van der Waals surface area contributed by atoms with Crippen molar-refractivity contribution >= 4 is 33.4 Å². The average Bonchev–Trinajstić information content (AvgIpc) is 3.23. The molecule has 0 aromatic heterocycles. The van der Waals surface area contributed by atoms with Gasteiger partial charge in [0.25, 0.3) is 5.92 Å². The first-order valence-corrected chi connectivity index (χ1v) is 12.6. The normalized spacial score (nSPS) is 21.8. The van der Waals surface area contributed by atoms with Gasteiger partial charge in [0, 0.05) is 43.3 Å². The van der Waals surface area contributed by atoms with Crippen LogP contribution >= 0.6 is 11.6 Å². The SMILES string of the molecule is CCC(=NS(=O)(=O)N1CCC(F)(F)CC1)N1C[C@H](c2ccccc2)C(c2ccc(Cl)cc2)=N1.